The number of pyridine rings is 1. The van der Waals surface area contributed by atoms with Crippen LogP contribution >= 0.6 is 0 Å². The third-order valence-corrected chi connectivity index (χ3v) is 4.71. The van der Waals surface area contributed by atoms with Crippen molar-refractivity contribution in [2.24, 2.45) is 7.05 Å². The Morgan fingerprint density at radius 1 is 1.44 bits per heavy atom. The van der Waals surface area contributed by atoms with E-state index < -0.39 is 11.7 Å². The molecular weight excluding hydrogens is 318 g/mol. The van der Waals surface area contributed by atoms with Gasteiger partial charge in [-0.05, 0) is 45.9 Å². The number of aryl methyl sites for hydroxylation is 1. The number of nitrogens with zero attached hydrogens (tertiary/aromatic N) is 1. The van der Waals surface area contributed by atoms with Crippen LogP contribution in [0.25, 0.3) is 10.9 Å². The van der Waals surface area contributed by atoms with Crippen molar-refractivity contribution < 1.29 is 14.6 Å². The molecule has 1 N–H and O–H groups in total. The van der Waals surface area contributed by atoms with Crippen LogP contribution in [0.15, 0.2) is 34.6 Å². The topological polar surface area (TPSA) is 60.7 Å². The highest BCUT2D eigenvalue weighted by Gasteiger charge is 2.38. The molecule has 134 valence electrons. The Kier molecular flexibility index (Phi) is 4.37. The Labute approximate surface area is 147 Å². The van der Waals surface area contributed by atoms with Gasteiger partial charge in [-0.1, -0.05) is 11.6 Å². The first-order chi connectivity index (χ1) is 11.7. The smallest absolute Gasteiger partial charge is 0.201 e. The number of aliphatic hydroxyl groups is 1. The summed E-state index contributed by atoms with van der Waals surface area (Å²) in [5, 5.41) is 10.9. The summed E-state index contributed by atoms with van der Waals surface area (Å²) in [6.45, 7) is 8.12. The molecule has 2 heterocycles. The number of aliphatic hydroxyl groups excluding tert-OH is 1. The molecule has 1 aliphatic heterocycles. The normalized spacial score (nSPS) is 18.4. The van der Waals surface area contributed by atoms with Crippen molar-refractivity contribution >= 4 is 10.9 Å². The van der Waals surface area contributed by atoms with Crippen LogP contribution in [0.1, 0.15) is 33.3 Å². The molecule has 0 aliphatic carbocycles. The second-order valence-corrected chi connectivity index (χ2v) is 7.34. The maximum atomic E-state index is 12.9. The number of aromatic nitrogens is 1. The van der Waals surface area contributed by atoms with Gasteiger partial charge in [0.05, 0.1) is 17.2 Å². The van der Waals surface area contributed by atoms with Gasteiger partial charge in [0.2, 0.25) is 5.88 Å². The van der Waals surface area contributed by atoms with Crippen LogP contribution in [0.3, 0.4) is 0 Å². The quantitative estimate of drug-likeness (QED) is 0.871. The van der Waals surface area contributed by atoms with Crippen LogP contribution in [-0.2, 0) is 13.5 Å². The van der Waals surface area contributed by atoms with Crippen LogP contribution in [0.2, 0.25) is 0 Å². The molecule has 0 saturated heterocycles. The SMILES string of the molecule is CC(C)=CCOc1cccc2c(=O)c3c(n(C)c12)OC(C)(C)[C@H](O)C3. The minimum atomic E-state index is -0.747. The molecule has 3 rings (SSSR count). The van der Waals surface area contributed by atoms with E-state index >= 15 is 0 Å². The maximum Gasteiger partial charge on any atom is 0.201 e. The molecule has 2 aromatic rings. The Bertz CT molecular complexity index is 904. The lowest BCUT2D eigenvalue weighted by Gasteiger charge is -2.37. The lowest BCUT2D eigenvalue weighted by molar-refractivity contribution is -0.0465. The Balaban J connectivity index is 2.19. The van der Waals surface area contributed by atoms with Crippen molar-refractivity contribution in [3.8, 4) is 11.6 Å². The zero-order valence-corrected chi connectivity index (χ0v) is 15.4. The second-order valence-electron chi connectivity index (χ2n) is 7.34. The van der Waals surface area contributed by atoms with Gasteiger partial charge in [0.1, 0.15) is 18.0 Å². The third kappa shape index (κ3) is 3.04. The summed E-state index contributed by atoms with van der Waals surface area (Å²) in [6, 6.07) is 5.46. The number of hydrogen-bond acceptors (Lipinski definition) is 4. The van der Waals surface area contributed by atoms with E-state index in [9.17, 15) is 9.90 Å². The zero-order valence-electron chi connectivity index (χ0n) is 15.4. The summed E-state index contributed by atoms with van der Waals surface area (Å²) >= 11 is 0. The highest BCUT2D eigenvalue weighted by Crippen LogP contribution is 2.35. The van der Waals surface area contributed by atoms with Crippen molar-refractivity contribution in [1.29, 1.82) is 0 Å². The molecule has 0 fully saturated rings. The number of rotatable bonds is 3. The van der Waals surface area contributed by atoms with Gasteiger partial charge >= 0.3 is 0 Å². The van der Waals surface area contributed by atoms with E-state index in [0.717, 1.165) is 0 Å². The molecule has 0 saturated carbocycles. The predicted octanol–water partition coefficient (Wildman–Crippen LogP) is 2.96. The minimum absolute atomic E-state index is 0.106. The minimum Gasteiger partial charge on any atom is -0.487 e. The fraction of sp³-hybridized carbons (Fsp3) is 0.450. The van der Waals surface area contributed by atoms with E-state index in [-0.39, 0.29) is 11.8 Å². The Morgan fingerprint density at radius 3 is 2.84 bits per heavy atom. The van der Waals surface area contributed by atoms with Gasteiger partial charge in [-0.15, -0.1) is 0 Å². The summed E-state index contributed by atoms with van der Waals surface area (Å²) < 4.78 is 13.7. The molecule has 5 nitrogen and oxygen atoms in total. The second kappa shape index (κ2) is 6.23. The van der Waals surface area contributed by atoms with Gasteiger partial charge in [0.25, 0.3) is 0 Å². The van der Waals surface area contributed by atoms with Crippen LogP contribution in [0.4, 0.5) is 0 Å². The third-order valence-electron chi connectivity index (χ3n) is 4.71. The van der Waals surface area contributed by atoms with E-state index in [1.807, 2.05) is 57.5 Å². The number of fused-ring (bicyclic) bond motifs is 2. The number of ether oxygens (including phenoxy) is 2. The largest absolute Gasteiger partial charge is 0.487 e. The Morgan fingerprint density at radius 2 is 2.16 bits per heavy atom. The van der Waals surface area contributed by atoms with Gasteiger partial charge in [0.15, 0.2) is 5.43 Å². The monoisotopic (exact) mass is 343 g/mol. The molecule has 1 aliphatic rings. The van der Waals surface area contributed by atoms with Crippen molar-refractivity contribution in [1.82, 2.24) is 4.57 Å². The van der Waals surface area contributed by atoms with E-state index in [0.29, 0.717) is 34.7 Å². The lowest BCUT2D eigenvalue weighted by atomic mass is 9.91. The van der Waals surface area contributed by atoms with Crippen LogP contribution in [0.5, 0.6) is 11.6 Å². The van der Waals surface area contributed by atoms with E-state index in [1.165, 1.54) is 5.57 Å². The van der Waals surface area contributed by atoms with Crippen molar-refractivity contribution in [3.63, 3.8) is 0 Å². The van der Waals surface area contributed by atoms with Crippen LogP contribution in [-0.4, -0.2) is 28.0 Å². The number of para-hydroxylation sites is 1. The molecule has 25 heavy (non-hydrogen) atoms. The van der Waals surface area contributed by atoms with Gasteiger partial charge in [-0.3, -0.25) is 4.79 Å². The summed E-state index contributed by atoms with van der Waals surface area (Å²) in [4.78, 5) is 12.9. The van der Waals surface area contributed by atoms with E-state index in [2.05, 4.69) is 0 Å². The lowest BCUT2D eigenvalue weighted by Crippen LogP contribution is -2.48. The highest BCUT2D eigenvalue weighted by molar-refractivity contribution is 5.86. The molecule has 0 amide bonds. The standard InChI is InChI=1S/C20H25NO4/c1-12(2)9-10-24-15-8-6-7-13-17(15)21(5)19-14(18(13)23)11-16(22)20(3,4)25-19/h6-9,16,22H,10-11H2,1-5H3/t16-/m1/s1. The van der Waals surface area contributed by atoms with Crippen molar-refractivity contribution in [3.05, 3.63) is 45.6 Å². The maximum absolute atomic E-state index is 12.9. The van der Waals surface area contributed by atoms with Gasteiger partial charge in [-0.2, -0.15) is 0 Å². The average molecular weight is 343 g/mol. The summed E-state index contributed by atoms with van der Waals surface area (Å²) in [5.74, 6) is 1.15. The molecule has 0 spiro atoms. The molecule has 0 radical (unpaired) electrons. The van der Waals surface area contributed by atoms with Crippen LogP contribution in [0, 0.1) is 0 Å². The Hall–Kier alpha value is -2.27. The van der Waals surface area contributed by atoms with E-state index in [4.69, 9.17) is 9.47 Å². The fourth-order valence-electron chi connectivity index (χ4n) is 3.10. The summed E-state index contributed by atoms with van der Waals surface area (Å²) in [7, 11) is 1.86. The fourth-order valence-corrected chi connectivity index (χ4v) is 3.10. The molecule has 1 aromatic carbocycles. The first-order valence-corrected chi connectivity index (χ1v) is 8.50. The van der Waals surface area contributed by atoms with E-state index in [1.54, 1.807) is 6.07 Å². The first kappa shape index (κ1) is 17.5. The zero-order chi connectivity index (χ0) is 18.4. The van der Waals surface area contributed by atoms with Gasteiger partial charge < -0.3 is 19.1 Å². The van der Waals surface area contributed by atoms with Gasteiger partial charge in [-0.25, -0.2) is 0 Å². The number of hydrogen-bond donors (Lipinski definition) is 1. The summed E-state index contributed by atoms with van der Waals surface area (Å²) in [5.41, 5.74) is 1.54. The molecular formula is C20H25NO4. The first-order valence-electron chi connectivity index (χ1n) is 8.50. The number of benzene rings is 1. The molecule has 1 aromatic heterocycles. The average Bonchev–Trinajstić information content (AvgIpc) is 2.54. The number of allylic oxidation sites excluding steroid dienone is 1. The molecule has 0 bridgehead atoms. The predicted molar refractivity (Wildman–Crippen MR) is 98.5 cm³/mol. The highest BCUT2D eigenvalue weighted by atomic mass is 16.5. The van der Waals surface area contributed by atoms with Crippen molar-refractivity contribution in [2.75, 3.05) is 6.61 Å². The molecule has 0 unspecified atom stereocenters. The van der Waals surface area contributed by atoms with Crippen LogP contribution < -0.4 is 14.9 Å². The van der Waals surface area contributed by atoms with Crippen molar-refractivity contribution in [2.45, 2.75) is 45.8 Å². The van der Waals surface area contributed by atoms with Gasteiger partial charge in [0, 0.05) is 18.9 Å². The molecule has 1 atom stereocenters. The summed E-state index contributed by atoms with van der Waals surface area (Å²) in [6.07, 6.45) is 1.56. The molecule has 5 heteroatoms.